The number of amides is 3. The van der Waals surface area contributed by atoms with E-state index in [2.05, 4.69) is 29.8 Å². The number of urea groups is 1. The summed E-state index contributed by atoms with van der Waals surface area (Å²) in [5.74, 6) is 0.413. The quantitative estimate of drug-likeness (QED) is 0.713. The molecule has 0 bridgehead atoms. The van der Waals surface area contributed by atoms with Crippen LogP contribution in [-0.2, 0) is 0 Å². The van der Waals surface area contributed by atoms with Gasteiger partial charge in [-0.1, -0.05) is 38.1 Å². The zero-order chi connectivity index (χ0) is 20.6. The third-order valence-electron chi connectivity index (χ3n) is 5.97. The highest BCUT2D eigenvalue weighted by Crippen LogP contribution is 2.33. The molecule has 0 atom stereocenters. The van der Waals surface area contributed by atoms with Crippen molar-refractivity contribution in [2.45, 2.75) is 45.2 Å². The summed E-state index contributed by atoms with van der Waals surface area (Å²) in [7, 11) is 0. The second-order valence-corrected chi connectivity index (χ2v) is 8.35. The number of fused-ring (bicyclic) bond motifs is 1. The molecule has 2 aromatic carbocycles. The van der Waals surface area contributed by atoms with Crippen molar-refractivity contribution in [3.05, 3.63) is 59.2 Å². The molecule has 0 unspecified atom stereocenters. The largest absolute Gasteiger partial charge is 0.362 e. The number of rotatable bonds is 2. The van der Waals surface area contributed by atoms with Crippen molar-refractivity contribution in [2.75, 3.05) is 23.7 Å². The SMILES string of the molecule is Cc1cccc2c1NC1(CCN(C(=O)Nc3ccc(C(C)C)cc3)CC1)NC2=O. The lowest BCUT2D eigenvalue weighted by Crippen LogP contribution is -2.63. The summed E-state index contributed by atoms with van der Waals surface area (Å²) in [5, 5.41) is 9.66. The fourth-order valence-electron chi connectivity index (χ4n) is 4.07. The molecule has 152 valence electrons. The van der Waals surface area contributed by atoms with Gasteiger partial charge < -0.3 is 20.9 Å². The Kier molecular flexibility index (Phi) is 4.94. The van der Waals surface area contributed by atoms with Crippen molar-refractivity contribution in [2.24, 2.45) is 0 Å². The van der Waals surface area contributed by atoms with Gasteiger partial charge in [-0.2, -0.15) is 0 Å². The van der Waals surface area contributed by atoms with E-state index in [-0.39, 0.29) is 11.9 Å². The summed E-state index contributed by atoms with van der Waals surface area (Å²) < 4.78 is 0. The normalized spacial score (nSPS) is 17.5. The van der Waals surface area contributed by atoms with Crippen LogP contribution in [0.15, 0.2) is 42.5 Å². The molecule has 2 aliphatic heterocycles. The molecule has 0 aromatic heterocycles. The van der Waals surface area contributed by atoms with Gasteiger partial charge in [-0.25, -0.2) is 4.79 Å². The molecule has 4 rings (SSSR count). The average Bonchev–Trinajstić information content (AvgIpc) is 2.70. The number of nitrogens with zero attached hydrogens (tertiary/aromatic N) is 1. The minimum absolute atomic E-state index is 0.0504. The van der Waals surface area contributed by atoms with E-state index in [9.17, 15) is 9.59 Å². The molecule has 1 saturated heterocycles. The van der Waals surface area contributed by atoms with Crippen LogP contribution in [0.3, 0.4) is 0 Å². The molecule has 2 aromatic rings. The molecule has 0 saturated carbocycles. The standard InChI is InChI=1S/C23H28N4O2/c1-15(2)17-7-9-18(10-8-17)24-22(29)27-13-11-23(12-14-27)25-20-16(3)5-4-6-19(20)21(28)26-23/h4-10,15,25H,11-14H2,1-3H3,(H,24,29)(H,26,28). The summed E-state index contributed by atoms with van der Waals surface area (Å²) in [5.41, 5.74) is 4.19. The van der Waals surface area contributed by atoms with Crippen LogP contribution in [0.4, 0.5) is 16.2 Å². The summed E-state index contributed by atoms with van der Waals surface area (Å²) in [6, 6.07) is 13.6. The van der Waals surface area contributed by atoms with Crippen LogP contribution in [-0.4, -0.2) is 35.6 Å². The highest BCUT2D eigenvalue weighted by Gasteiger charge is 2.41. The van der Waals surface area contributed by atoms with E-state index in [1.807, 2.05) is 54.3 Å². The number of nitrogens with one attached hydrogen (secondary N) is 3. The van der Waals surface area contributed by atoms with Crippen LogP contribution in [0.2, 0.25) is 0 Å². The second kappa shape index (κ2) is 7.43. The monoisotopic (exact) mass is 392 g/mol. The molecule has 29 heavy (non-hydrogen) atoms. The van der Waals surface area contributed by atoms with E-state index in [1.54, 1.807) is 0 Å². The molecule has 3 N–H and O–H groups in total. The molecule has 2 heterocycles. The molecule has 0 aliphatic carbocycles. The van der Waals surface area contributed by atoms with Gasteiger partial charge in [0.15, 0.2) is 0 Å². The molecule has 3 amide bonds. The van der Waals surface area contributed by atoms with E-state index < -0.39 is 5.66 Å². The Labute approximate surface area is 171 Å². The summed E-state index contributed by atoms with van der Waals surface area (Å²) in [6.07, 6.45) is 1.32. The predicted octanol–water partition coefficient (Wildman–Crippen LogP) is 4.30. The van der Waals surface area contributed by atoms with E-state index in [0.29, 0.717) is 37.4 Å². The maximum absolute atomic E-state index is 12.7. The average molecular weight is 393 g/mol. The molecule has 0 radical (unpaired) electrons. The van der Waals surface area contributed by atoms with Gasteiger partial charge in [-0.15, -0.1) is 0 Å². The highest BCUT2D eigenvalue weighted by atomic mass is 16.2. The van der Waals surface area contributed by atoms with Gasteiger partial charge in [0.05, 0.1) is 11.3 Å². The van der Waals surface area contributed by atoms with Crippen molar-refractivity contribution in [1.29, 1.82) is 0 Å². The number of carbonyl (C=O) groups excluding carboxylic acids is 2. The van der Waals surface area contributed by atoms with E-state index in [1.165, 1.54) is 5.56 Å². The van der Waals surface area contributed by atoms with Crippen LogP contribution in [0.1, 0.15) is 54.1 Å². The lowest BCUT2D eigenvalue weighted by Gasteiger charge is -2.46. The number of likely N-dealkylation sites (tertiary alicyclic amines) is 1. The van der Waals surface area contributed by atoms with Gasteiger partial charge >= 0.3 is 6.03 Å². The Hall–Kier alpha value is -3.02. The van der Waals surface area contributed by atoms with Crippen molar-refractivity contribution < 1.29 is 9.59 Å². The maximum Gasteiger partial charge on any atom is 0.321 e. The van der Waals surface area contributed by atoms with Gasteiger partial charge in [-0.05, 0) is 42.2 Å². The number of piperidine rings is 1. The summed E-state index contributed by atoms with van der Waals surface area (Å²) in [6.45, 7) is 7.45. The summed E-state index contributed by atoms with van der Waals surface area (Å²) in [4.78, 5) is 27.1. The van der Waals surface area contributed by atoms with E-state index in [0.717, 1.165) is 16.9 Å². The zero-order valence-electron chi connectivity index (χ0n) is 17.2. The number of aryl methyl sites for hydroxylation is 1. The number of hydrogen-bond acceptors (Lipinski definition) is 3. The fraction of sp³-hybridized carbons (Fsp3) is 0.391. The third-order valence-corrected chi connectivity index (χ3v) is 5.97. The lowest BCUT2D eigenvalue weighted by molar-refractivity contribution is 0.0851. The fourth-order valence-corrected chi connectivity index (χ4v) is 4.07. The lowest BCUT2D eigenvalue weighted by atomic mass is 9.91. The highest BCUT2D eigenvalue weighted by molar-refractivity contribution is 6.03. The molecular formula is C23H28N4O2. The van der Waals surface area contributed by atoms with E-state index in [4.69, 9.17) is 0 Å². The first-order valence-corrected chi connectivity index (χ1v) is 10.2. The minimum Gasteiger partial charge on any atom is -0.362 e. The van der Waals surface area contributed by atoms with Crippen LogP contribution in [0, 0.1) is 6.92 Å². The van der Waals surface area contributed by atoms with Crippen LogP contribution in [0.25, 0.3) is 0 Å². The van der Waals surface area contributed by atoms with Crippen molar-refractivity contribution >= 4 is 23.3 Å². The molecule has 6 nitrogen and oxygen atoms in total. The first-order valence-electron chi connectivity index (χ1n) is 10.2. The maximum atomic E-state index is 12.7. The zero-order valence-corrected chi connectivity index (χ0v) is 17.2. The Morgan fingerprint density at radius 3 is 2.41 bits per heavy atom. The Morgan fingerprint density at radius 2 is 1.76 bits per heavy atom. The van der Waals surface area contributed by atoms with Crippen molar-refractivity contribution in [1.82, 2.24) is 10.2 Å². The number of carbonyl (C=O) groups is 2. The molecular weight excluding hydrogens is 364 g/mol. The second-order valence-electron chi connectivity index (χ2n) is 8.35. The number of hydrogen-bond donors (Lipinski definition) is 3. The smallest absolute Gasteiger partial charge is 0.321 e. The van der Waals surface area contributed by atoms with Gasteiger partial charge in [-0.3, -0.25) is 4.79 Å². The van der Waals surface area contributed by atoms with Gasteiger partial charge in [0, 0.05) is 31.6 Å². The topological polar surface area (TPSA) is 73.5 Å². The first-order chi connectivity index (χ1) is 13.9. The minimum atomic E-state index is -0.494. The third kappa shape index (κ3) is 3.79. The molecule has 6 heteroatoms. The summed E-state index contributed by atoms with van der Waals surface area (Å²) >= 11 is 0. The number of para-hydroxylation sites is 1. The molecule has 1 fully saturated rings. The van der Waals surface area contributed by atoms with E-state index >= 15 is 0 Å². The van der Waals surface area contributed by atoms with Crippen LogP contribution >= 0.6 is 0 Å². The Bertz CT molecular complexity index is 928. The molecule has 1 spiro atoms. The first kappa shape index (κ1) is 19.3. The Balaban J connectivity index is 1.40. The van der Waals surface area contributed by atoms with Gasteiger partial charge in [0.2, 0.25) is 0 Å². The molecule has 2 aliphatic rings. The van der Waals surface area contributed by atoms with Crippen LogP contribution in [0.5, 0.6) is 0 Å². The van der Waals surface area contributed by atoms with Crippen molar-refractivity contribution in [3.8, 4) is 0 Å². The van der Waals surface area contributed by atoms with Gasteiger partial charge in [0.25, 0.3) is 5.91 Å². The predicted molar refractivity (Wildman–Crippen MR) is 115 cm³/mol. The van der Waals surface area contributed by atoms with Gasteiger partial charge in [0.1, 0.15) is 5.66 Å². The number of benzene rings is 2. The Morgan fingerprint density at radius 1 is 1.07 bits per heavy atom. The van der Waals surface area contributed by atoms with Crippen molar-refractivity contribution in [3.63, 3.8) is 0 Å². The number of anilines is 2. The van der Waals surface area contributed by atoms with Crippen LogP contribution < -0.4 is 16.0 Å².